The standard InChI is InChI=1S/C19H21NO3/c1-14-5-8-16(9-6-14)20(2)19(21)10-7-15-11-17(22-3)13-18(12-15)23-4/h5-13H,1-4H3/b10-7+. The van der Waals surface area contributed by atoms with E-state index in [1.54, 1.807) is 38.3 Å². The van der Waals surface area contributed by atoms with Gasteiger partial charge >= 0.3 is 0 Å². The maximum Gasteiger partial charge on any atom is 0.250 e. The van der Waals surface area contributed by atoms with Gasteiger partial charge in [0.2, 0.25) is 0 Å². The number of carbonyl (C=O) groups excluding carboxylic acids is 1. The smallest absolute Gasteiger partial charge is 0.250 e. The molecule has 0 saturated carbocycles. The van der Waals surface area contributed by atoms with Crippen molar-refractivity contribution in [1.82, 2.24) is 0 Å². The Labute approximate surface area is 137 Å². The first-order valence-corrected chi connectivity index (χ1v) is 7.29. The van der Waals surface area contributed by atoms with Crippen LogP contribution in [0.5, 0.6) is 11.5 Å². The zero-order valence-corrected chi connectivity index (χ0v) is 13.9. The number of likely N-dealkylation sites (N-methyl/N-ethyl adjacent to an activating group) is 1. The fourth-order valence-corrected chi connectivity index (χ4v) is 2.10. The van der Waals surface area contributed by atoms with Crippen LogP contribution in [0, 0.1) is 6.92 Å². The van der Waals surface area contributed by atoms with Crippen LogP contribution in [0.2, 0.25) is 0 Å². The molecule has 2 rings (SSSR count). The summed E-state index contributed by atoms with van der Waals surface area (Å²) in [6, 6.07) is 13.3. The van der Waals surface area contributed by atoms with Gasteiger partial charge in [0.1, 0.15) is 11.5 Å². The number of amides is 1. The molecule has 0 aliphatic carbocycles. The normalized spacial score (nSPS) is 10.6. The summed E-state index contributed by atoms with van der Waals surface area (Å²) in [6.07, 6.45) is 3.28. The monoisotopic (exact) mass is 311 g/mol. The maximum atomic E-state index is 12.3. The van der Waals surface area contributed by atoms with Crippen molar-refractivity contribution < 1.29 is 14.3 Å². The number of aryl methyl sites for hydroxylation is 1. The van der Waals surface area contributed by atoms with Crippen molar-refractivity contribution >= 4 is 17.7 Å². The largest absolute Gasteiger partial charge is 0.497 e. The number of hydrogen-bond donors (Lipinski definition) is 0. The van der Waals surface area contributed by atoms with Crippen LogP contribution < -0.4 is 14.4 Å². The van der Waals surface area contributed by atoms with Crippen molar-refractivity contribution in [3.63, 3.8) is 0 Å². The van der Waals surface area contributed by atoms with Crippen LogP contribution in [-0.4, -0.2) is 27.2 Å². The molecular formula is C19H21NO3. The lowest BCUT2D eigenvalue weighted by Gasteiger charge is -2.15. The first kappa shape index (κ1) is 16.6. The van der Waals surface area contributed by atoms with Gasteiger partial charge in [-0.3, -0.25) is 4.79 Å². The molecule has 1 amide bonds. The second-order valence-corrected chi connectivity index (χ2v) is 5.21. The van der Waals surface area contributed by atoms with Gasteiger partial charge in [0.25, 0.3) is 5.91 Å². The Morgan fingerprint density at radius 3 is 2.09 bits per heavy atom. The Balaban J connectivity index is 2.15. The number of hydrogen-bond acceptors (Lipinski definition) is 3. The average Bonchev–Trinajstić information content (AvgIpc) is 2.59. The van der Waals surface area contributed by atoms with Gasteiger partial charge in [-0.05, 0) is 42.8 Å². The Kier molecular flexibility index (Phi) is 5.41. The fourth-order valence-electron chi connectivity index (χ4n) is 2.10. The van der Waals surface area contributed by atoms with Gasteiger partial charge in [-0.15, -0.1) is 0 Å². The molecule has 0 spiro atoms. The molecule has 23 heavy (non-hydrogen) atoms. The summed E-state index contributed by atoms with van der Waals surface area (Å²) >= 11 is 0. The van der Waals surface area contributed by atoms with E-state index in [9.17, 15) is 4.79 Å². The summed E-state index contributed by atoms with van der Waals surface area (Å²) in [5.74, 6) is 1.27. The predicted octanol–water partition coefficient (Wildman–Crippen LogP) is 3.69. The summed E-state index contributed by atoms with van der Waals surface area (Å²) in [7, 11) is 4.95. The van der Waals surface area contributed by atoms with Crippen molar-refractivity contribution in [2.45, 2.75) is 6.92 Å². The summed E-state index contributed by atoms with van der Waals surface area (Å²) in [5, 5.41) is 0. The van der Waals surface area contributed by atoms with Gasteiger partial charge in [-0.1, -0.05) is 17.7 Å². The molecule has 0 aliphatic rings. The van der Waals surface area contributed by atoms with Crippen LogP contribution in [0.4, 0.5) is 5.69 Å². The van der Waals surface area contributed by atoms with Gasteiger partial charge < -0.3 is 14.4 Å². The van der Waals surface area contributed by atoms with E-state index in [-0.39, 0.29) is 5.91 Å². The van der Waals surface area contributed by atoms with E-state index >= 15 is 0 Å². The Bertz CT molecular complexity index is 683. The molecule has 0 bridgehead atoms. The molecule has 0 radical (unpaired) electrons. The number of anilines is 1. The van der Waals surface area contributed by atoms with Crippen LogP contribution in [-0.2, 0) is 4.79 Å². The molecule has 0 aromatic heterocycles. The molecule has 0 atom stereocenters. The fraction of sp³-hybridized carbons (Fsp3) is 0.211. The second kappa shape index (κ2) is 7.49. The Morgan fingerprint density at radius 1 is 1.00 bits per heavy atom. The van der Waals surface area contributed by atoms with E-state index in [1.807, 2.05) is 43.3 Å². The van der Waals surface area contributed by atoms with E-state index in [1.165, 1.54) is 6.08 Å². The second-order valence-electron chi connectivity index (χ2n) is 5.21. The lowest BCUT2D eigenvalue weighted by Crippen LogP contribution is -2.23. The van der Waals surface area contributed by atoms with Crippen molar-refractivity contribution in [3.05, 3.63) is 59.7 Å². The molecule has 0 saturated heterocycles. The van der Waals surface area contributed by atoms with Gasteiger partial charge in [-0.2, -0.15) is 0 Å². The number of carbonyl (C=O) groups is 1. The van der Waals surface area contributed by atoms with E-state index in [0.717, 1.165) is 16.8 Å². The number of rotatable bonds is 5. The van der Waals surface area contributed by atoms with Crippen molar-refractivity contribution in [3.8, 4) is 11.5 Å². The Hall–Kier alpha value is -2.75. The first-order chi connectivity index (χ1) is 11.0. The third kappa shape index (κ3) is 4.36. The number of benzene rings is 2. The average molecular weight is 311 g/mol. The van der Waals surface area contributed by atoms with Crippen LogP contribution >= 0.6 is 0 Å². The summed E-state index contributed by atoms with van der Waals surface area (Å²) in [6.45, 7) is 2.02. The third-order valence-corrected chi connectivity index (χ3v) is 3.54. The lowest BCUT2D eigenvalue weighted by atomic mass is 10.1. The highest BCUT2D eigenvalue weighted by atomic mass is 16.5. The number of methoxy groups -OCH3 is 2. The van der Waals surface area contributed by atoms with Crippen LogP contribution in [0.3, 0.4) is 0 Å². The highest BCUT2D eigenvalue weighted by Crippen LogP contribution is 2.23. The molecule has 0 aliphatic heterocycles. The molecule has 0 N–H and O–H groups in total. The zero-order valence-electron chi connectivity index (χ0n) is 13.9. The van der Waals surface area contributed by atoms with Gasteiger partial charge in [0.05, 0.1) is 14.2 Å². The van der Waals surface area contributed by atoms with Crippen LogP contribution in [0.1, 0.15) is 11.1 Å². The topological polar surface area (TPSA) is 38.8 Å². The Morgan fingerprint density at radius 2 is 1.57 bits per heavy atom. The third-order valence-electron chi connectivity index (χ3n) is 3.54. The zero-order chi connectivity index (χ0) is 16.8. The van der Waals surface area contributed by atoms with Crippen molar-refractivity contribution in [2.75, 3.05) is 26.2 Å². The van der Waals surface area contributed by atoms with Crippen LogP contribution in [0.15, 0.2) is 48.5 Å². The van der Waals surface area contributed by atoms with Gasteiger partial charge in [0.15, 0.2) is 0 Å². The maximum absolute atomic E-state index is 12.3. The summed E-state index contributed by atoms with van der Waals surface area (Å²) in [5.41, 5.74) is 2.86. The molecule has 2 aromatic rings. The van der Waals surface area contributed by atoms with Crippen LogP contribution in [0.25, 0.3) is 6.08 Å². The highest BCUT2D eigenvalue weighted by molar-refractivity contribution is 6.03. The minimum absolute atomic E-state index is 0.101. The summed E-state index contributed by atoms with van der Waals surface area (Å²) in [4.78, 5) is 13.9. The van der Waals surface area contributed by atoms with Crippen molar-refractivity contribution in [2.24, 2.45) is 0 Å². The van der Waals surface area contributed by atoms with E-state index < -0.39 is 0 Å². The molecule has 4 heteroatoms. The molecule has 2 aromatic carbocycles. The van der Waals surface area contributed by atoms with E-state index in [4.69, 9.17) is 9.47 Å². The predicted molar refractivity (Wildman–Crippen MR) is 93.2 cm³/mol. The lowest BCUT2D eigenvalue weighted by molar-refractivity contribution is -0.113. The molecule has 4 nitrogen and oxygen atoms in total. The highest BCUT2D eigenvalue weighted by Gasteiger charge is 2.07. The molecule has 0 unspecified atom stereocenters. The number of nitrogens with zero attached hydrogens (tertiary/aromatic N) is 1. The van der Waals surface area contributed by atoms with Gasteiger partial charge in [0, 0.05) is 24.9 Å². The quantitative estimate of drug-likeness (QED) is 0.791. The summed E-state index contributed by atoms with van der Waals surface area (Å²) < 4.78 is 10.4. The minimum Gasteiger partial charge on any atom is -0.497 e. The van der Waals surface area contributed by atoms with E-state index in [2.05, 4.69) is 0 Å². The van der Waals surface area contributed by atoms with E-state index in [0.29, 0.717) is 11.5 Å². The molecular weight excluding hydrogens is 290 g/mol. The van der Waals surface area contributed by atoms with Crippen molar-refractivity contribution in [1.29, 1.82) is 0 Å². The number of ether oxygens (including phenoxy) is 2. The molecule has 0 fully saturated rings. The SMILES string of the molecule is COc1cc(/C=C/C(=O)N(C)c2ccc(C)cc2)cc(OC)c1. The minimum atomic E-state index is -0.101. The molecule has 0 heterocycles. The first-order valence-electron chi connectivity index (χ1n) is 7.29. The molecule has 120 valence electrons. The van der Waals surface area contributed by atoms with Gasteiger partial charge in [-0.25, -0.2) is 0 Å².